The first-order valence-corrected chi connectivity index (χ1v) is 7.19. The highest BCUT2D eigenvalue weighted by Crippen LogP contribution is 2.20. The predicted octanol–water partition coefficient (Wildman–Crippen LogP) is 1.08. The van der Waals surface area contributed by atoms with Crippen molar-refractivity contribution in [3.8, 4) is 0 Å². The van der Waals surface area contributed by atoms with Gasteiger partial charge in [-0.05, 0) is 18.8 Å². The Balaban J connectivity index is 2.08. The molecule has 1 aliphatic heterocycles. The fraction of sp³-hybridized carbons (Fsp3) is 0.692. The van der Waals surface area contributed by atoms with Gasteiger partial charge < -0.3 is 10.0 Å². The number of nitrogens with zero attached hydrogens (tertiary/aromatic N) is 3. The molecule has 2 heterocycles. The standard InChI is InChI=1S/C13H20ClN3O2/c1-10-2-4-16(5-3-10)11-6-13(19)17(15-8-11)9-12(18)7-14/h6,8,10,12,18H,2-5,7,9H2,1H3. The van der Waals surface area contributed by atoms with Crippen molar-refractivity contribution >= 4 is 17.3 Å². The van der Waals surface area contributed by atoms with Gasteiger partial charge in [-0.1, -0.05) is 6.92 Å². The molecule has 0 radical (unpaired) electrons. The van der Waals surface area contributed by atoms with E-state index in [0.717, 1.165) is 37.5 Å². The number of halogens is 1. The van der Waals surface area contributed by atoms with Gasteiger partial charge in [0, 0.05) is 19.2 Å². The molecule has 5 nitrogen and oxygen atoms in total. The van der Waals surface area contributed by atoms with Crippen LogP contribution in [-0.2, 0) is 6.54 Å². The Bertz CT molecular complexity index is 469. The number of hydrogen-bond acceptors (Lipinski definition) is 4. The highest BCUT2D eigenvalue weighted by atomic mass is 35.5. The molecule has 1 saturated heterocycles. The summed E-state index contributed by atoms with van der Waals surface area (Å²) in [6.07, 6.45) is 3.24. The third-order valence-corrected chi connectivity index (χ3v) is 3.92. The number of hydrogen-bond donors (Lipinski definition) is 1. The monoisotopic (exact) mass is 285 g/mol. The molecule has 1 N–H and O–H groups in total. The first-order valence-electron chi connectivity index (χ1n) is 6.66. The van der Waals surface area contributed by atoms with Crippen LogP contribution in [0, 0.1) is 5.92 Å². The summed E-state index contributed by atoms with van der Waals surface area (Å²) in [6, 6.07) is 1.59. The van der Waals surface area contributed by atoms with Crippen LogP contribution in [0.25, 0.3) is 0 Å². The second-order valence-electron chi connectivity index (χ2n) is 5.21. The maximum Gasteiger partial charge on any atom is 0.268 e. The van der Waals surface area contributed by atoms with Gasteiger partial charge in [-0.3, -0.25) is 4.79 Å². The van der Waals surface area contributed by atoms with E-state index < -0.39 is 6.10 Å². The van der Waals surface area contributed by atoms with E-state index in [9.17, 15) is 9.90 Å². The Kier molecular flexibility index (Phi) is 4.82. The molecular formula is C13H20ClN3O2. The number of piperidine rings is 1. The summed E-state index contributed by atoms with van der Waals surface area (Å²) in [5.74, 6) is 0.850. The molecule has 0 amide bonds. The quantitative estimate of drug-likeness (QED) is 0.841. The molecular weight excluding hydrogens is 266 g/mol. The van der Waals surface area contributed by atoms with Gasteiger partial charge in [0.25, 0.3) is 5.56 Å². The van der Waals surface area contributed by atoms with E-state index >= 15 is 0 Å². The van der Waals surface area contributed by atoms with E-state index in [1.807, 2.05) is 0 Å². The van der Waals surface area contributed by atoms with Crippen LogP contribution in [0.15, 0.2) is 17.1 Å². The van der Waals surface area contributed by atoms with E-state index in [2.05, 4.69) is 16.9 Å². The van der Waals surface area contributed by atoms with Crippen molar-refractivity contribution in [2.24, 2.45) is 5.92 Å². The number of aliphatic hydroxyl groups excluding tert-OH is 1. The Labute approximate surface area is 117 Å². The summed E-state index contributed by atoms with van der Waals surface area (Å²) in [5.41, 5.74) is 0.675. The second-order valence-corrected chi connectivity index (χ2v) is 5.52. The lowest BCUT2D eigenvalue weighted by molar-refractivity contribution is 0.169. The van der Waals surface area contributed by atoms with E-state index in [0.29, 0.717) is 0 Å². The lowest BCUT2D eigenvalue weighted by Gasteiger charge is -2.31. The van der Waals surface area contributed by atoms with Gasteiger partial charge >= 0.3 is 0 Å². The molecule has 0 bridgehead atoms. The van der Waals surface area contributed by atoms with Crippen molar-refractivity contribution in [3.63, 3.8) is 0 Å². The molecule has 19 heavy (non-hydrogen) atoms. The summed E-state index contributed by atoms with van der Waals surface area (Å²) in [6.45, 7) is 4.33. The minimum absolute atomic E-state index is 0.0971. The van der Waals surface area contributed by atoms with Crippen molar-refractivity contribution in [3.05, 3.63) is 22.6 Å². The molecule has 0 spiro atoms. The Morgan fingerprint density at radius 3 is 2.79 bits per heavy atom. The molecule has 1 aliphatic rings. The van der Waals surface area contributed by atoms with Gasteiger partial charge in [0.2, 0.25) is 0 Å². The molecule has 1 unspecified atom stereocenters. The molecule has 0 aromatic carbocycles. The van der Waals surface area contributed by atoms with Gasteiger partial charge in [-0.2, -0.15) is 5.10 Å². The zero-order valence-corrected chi connectivity index (χ0v) is 11.9. The molecule has 0 aliphatic carbocycles. The highest BCUT2D eigenvalue weighted by molar-refractivity contribution is 6.18. The average Bonchev–Trinajstić information content (AvgIpc) is 2.41. The zero-order chi connectivity index (χ0) is 13.8. The van der Waals surface area contributed by atoms with Gasteiger partial charge in [-0.15, -0.1) is 11.6 Å². The van der Waals surface area contributed by atoms with Crippen LogP contribution in [0.3, 0.4) is 0 Å². The normalized spacial score (nSPS) is 18.6. The minimum atomic E-state index is -0.742. The zero-order valence-electron chi connectivity index (χ0n) is 11.1. The van der Waals surface area contributed by atoms with Crippen LogP contribution in [0.4, 0.5) is 5.69 Å². The first-order chi connectivity index (χ1) is 9.10. The molecule has 106 valence electrons. The lowest BCUT2D eigenvalue weighted by atomic mass is 9.99. The van der Waals surface area contributed by atoms with Crippen molar-refractivity contribution in [1.29, 1.82) is 0 Å². The van der Waals surface area contributed by atoms with Gasteiger partial charge in [0.05, 0.1) is 30.4 Å². The number of aliphatic hydroxyl groups is 1. The minimum Gasteiger partial charge on any atom is -0.390 e. The second kappa shape index (κ2) is 6.39. The Morgan fingerprint density at radius 2 is 2.21 bits per heavy atom. The summed E-state index contributed by atoms with van der Waals surface area (Å²) in [5, 5.41) is 13.5. The largest absolute Gasteiger partial charge is 0.390 e. The highest BCUT2D eigenvalue weighted by Gasteiger charge is 2.17. The molecule has 1 aromatic rings. The van der Waals surface area contributed by atoms with Crippen LogP contribution < -0.4 is 10.5 Å². The Hall–Kier alpha value is -1.07. The number of anilines is 1. The average molecular weight is 286 g/mol. The topological polar surface area (TPSA) is 58.4 Å². The number of alkyl halides is 1. The SMILES string of the molecule is CC1CCN(c2cnn(CC(O)CCl)c(=O)c2)CC1. The van der Waals surface area contributed by atoms with Crippen LogP contribution >= 0.6 is 11.6 Å². The van der Waals surface area contributed by atoms with Crippen molar-refractivity contribution < 1.29 is 5.11 Å². The van der Waals surface area contributed by atoms with Crippen molar-refractivity contribution in [2.45, 2.75) is 32.4 Å². The molecule has 1 aromatic heterocycles. The summed E-state index contributed by atoms with van der Waals surface area (Å²) in [7, 11) is 0. The van der Waals surface area contributed by atoms with Crippen LogP contribution in [0.1, 0.15) is 19.8 Å². The Morgan fingerprint density at radius 1 is 1.53 bits per heavy atom. The van der Waals surface area contributed by atoms with Crippen LogP contribution in [-0.4, -0.2) is 40.0 Å². The van der Waals surface area contributed by atoms with Crippen molar-refractivity contribution in [2.75, 3.05) is 23.9 Å². The molecule has 0 saturated carbocycles. The van der Waals surface area contributed by atoms with E-state index in [4.69, 9.17) is 11.6 Å². The van der Waals surface area contributed by atoms with E-state index in [1.54, 1.807) is 12.3 Å². The van der Waals surface area contributed by atoms with E-state index in [1.165, 1.54) is 4.68 Å². The van der Waals surface area contributed by atoms with Gasteiger partial charge in [0.15, 0.2) is 0 Å². The molecule has 6 heteroatoms. The maximum absolute atomic E-state index is 11.9. The molecule has 1 atom stereocenters. The summed E-state index contributed by atoms with van der Waals surface area (Å²) < 4.78 is 1.25. The smallest absolute Gasteiger partial charge is 0.268 e. The van der Waals surface area contributed by atoms with Gasteiger partial charge in [0.1, 0.15) is 0 Å². The van der Waals surface area contributed by atoms with Gasteiger partial charge in [-0.25, -0.2) is 4.68 Å². The maximum atomic E-state index is 11.9. The van der Waals surface area contributed by atoms with E-state index in [-0.39, 0.29) is 18.0 Å². The van der Waals surface area contributed by atoms with Crippen LogP contribution in [0.2, 0.25) is 0 Å². The molecule has 1 fully saturated rings. The van der Waals surface area contributed by atoms with Crippen LogP contribution in [0.5, 0.6) is 0 Å². The summed E-state index contributed by atoms with van der Waals surface area (Å²) >= 11 is 5.52. The fourth-order valence-electron chi connectivity index (χ4n) is 2.25. The van der Waals surface area contributed by atoms with Crippen molar-refractivity contribution in [1.82, 2.24) is 9.78 Å². The number of rotatable bonds is 4. The third kappa shape index (κ3) is 3.70. The fourth-order valence-corrected chi connectivity index (χ4v) is 2.35. The number of aromatic nitrogens is 2. The third-order valence-electron chi connectivity index (χ3n) is 3.57. The summed E-state index contributed by atoms with van der Waals surface area (Å²) in [4.78, 5) is 14.1. The lowest BCUT2D eigenvalue weighted by Crippen LogP contribution is -2.35. The molecule has 2 rings (SSSR count). The predicted molar refractivity (Wildman–Crippen MR) is 75.8 cm³/mol. The first kappa shape index (κ1) is 14.3.